The number of carbonyl (C=O) groups excluding carboxylic acids is 1. The average molecular weight is 276 g/mol. The Hall–Kier alpha value is -0.830. The molecule has 0 radical (unpaired) electrons. The number of rotatable bonds is 4. The molecule has 1 atom stereocenters. The van der Waals surface area contributed by atoms with E-state index in [4.69, 9.17) is 0 Å². The second kappa shape index (κ2) is 6.75. The van der Waals surface area contributed by atoms with E-state index in [0.717, 1.165) is 25.9 Å². The van der Waals surface area contributed by atoms with Gasteiger partial charge in [-0.3, -0.25) is 9.69 Å². The van der Waals surface area contributed by atoms with Crippen molar-refractivity contribution in [2.24, 2.45) is 5.92 Å². The van der Waals surface area contributed by atoms with Gasteiger partial charge in [-0.2, -0.15) is 0 Å². The normalized spacial score (nSPS) is 28.8. The van der Waals surface area contributed by atoms with Crippen molar-refractivity contribution >= 4 is 5.91 Å². The van der Waals surface area contributed by atoms with E-state index in [-0.39, 0.29) is 0 Å². The molecule has 2 heterocycles. The van der Waals surface area contributed by atoms with Gasteiger partial charge in [0.15, 0.2) is 0 Å². The summed E-state index contributed by atoms with van der Waals surface area (Å²) in [5.41, 5.74) is 1.66. The Kier molecular flexibility index (Phi) is 4.77. The van der Waals surface area contributed by atoms with Crippen LogP contribution in [0.4, 0.5) is 0 Å². The fourth-order valence-electron chi connectivity index (χ4n) is 3.99. The molecule has 3 heteroatoms. The highest BCUT2D eigenvalue weighted by Gasteiger charge is 2.26. The maximum atomic E-state index is 11.7. The van der Waals surface area contributed by atoms with Crippen LogP contribution in [-0.4, -0.2) is 48.4 Å². The molecule has 2 fully saturated rings. The lowest BCUT2D eigenvalue weighted by molar-refractivity contribution is -0.128. The van der Waals surface area contributed by atoms with Gasteiger partial charge < -0.3 is 4.90 Å². The maximum Gasteiger partial charge on any atom is 0.222 e. The second-order valence-corrected chi connectivity index (χ2v) is 6.79. The number of hydrogen-bond acceptors (Lipinski definition) is 2. The molecule has 1 aliphatic carbocycles. The first-order valence-electron chi connectivity index (χ1n) is 8.49. The molecule has 0 saturated carbocycles. The Balaban J connectivity index is 1.48. The van der Waals surface area contributed by atoms with Gasteiger partial charge in [0.1, 0.15) is 0 Å². The summed E-state index contributed by atoms with van der Waals surface area (Å²) in [6, 6.07) is 0. The lowest BCUT2D eigenvalue weighted by atomic mass is 9.95. The Morgan fingerprint density at radius 1 is 1.10 bits per heavy atom. The average Bonchev–Trinajstić information content (AvgIpc) is 2.86. The van der Waals surface area contributed by atoms with Crippen LogP contribution in [-0.2, 0) is 4.79 Å². The molecule has 2 aliphatic heterocycles. The molecule has 0 aromatic carbocycles. The number of carbonyl (C=O) groups is 1. The zero-order valence-electron chi connectivity index (χ0n) is 12.6. The predicted molar refractivity (Wildman–Crippen MR) is 81.5 cm³/mol. The molecule has 1 amide bonds. The van der Waals surface area contributed by atoms with Gasteiger partial charge in [-0.05, 0) is 57.4 Å². The number of amides is 1. The molecule has 3 nitrogen and oxygen atoms in total. The summed E-state index contributed by atoms with van der Waals surface area (Å²) in [5, 5.41) is 0. The monoisotopic (exact) mass is 276 g/mol. The van der Waals surface area contributed by atoms with Crippen molar-refractivity contribution in [2.45, 2.75) is 51.4 Å². The number of likely N-dealkylation sites (tertiary alicyclic amines) is 2. The first-order valence-corrected chi connectivity index (χ1v) is 8.49. The third-order valence-corrected chi connectivity index (χ3v) is 5.06. The van der Waals surface area contributed by atoms with E-state index in [1.165, 1.54) is 58.2 Å². The third-order valence-electron chi connectivity index (χ3n) is 5.06. The van der Waals surface area contributed by atoms with Gasteiger partial charge in [0.05, 0.1) is 0 Å². The van der Waals surface area contributed by atoms with Crippen LogP contribution in [0.2, 0.25) is 0 Å². The van der Waals surface area contributed by atoms with E-state index in [0.29, 0.717) is 11.8 Å². The van der Waals surface area contributed by atoms with Crippen molar-refractivity contribution in [1.29, 1.82) is 0 Å². The molecule has 3 aliphatic rings. The SMILES string of the molecule is O=C1CCCN1CC1CCCN(CC2=CCCCC2)C1. The summed E-state index contributed by atoms with van der Waals surface area (Å²) in [5.74, 6) is 1.09. The standard InChI is InChI=1S/C17H28N2O/c20-17-9-5-11-19(17)14-16-8-4-10-18(13-16)12-15-6-2-1-3-7-15/h6,16H,1-5,7-14H2. The Bertz CT molecular complexity index is 377. The lowest BCUT2D eigenvalue weighted by Gasteiger charge is -2.35. The van der Waals surface area contributed by atoms with Crippen molar-refractivity contribution in [3.05, 3.63) is 11.6 Å². The summed E-state index contributed by atoms with van der Waals surface area (Å²) in [4.78, 5) is 16.5. The van der Waals surface area contributed by atoms with E-state index < -0.39 is 0 Å². The first-order chi connectivity index (χ1) is 9.81. The van der Waals surface area contributed by atoms with Crippen LogP contribution < -0.4 is 0 Å². The van der Waals surface area contributed by atoms with Crippen LogP contribution in [0, 0.1) is 5.92 Å². The summed E-state index contributed by atoms with van der Waals surface area (Å²) in [7, 11) is 0. The zero-order chi connectivity index (χ0) is 13.8. The van der Waals surface area contributed by atoms with Crippen LogP contribution >= 0.6 is 0 Å². The Labute approximate surface area is 123 Å². The molecule has 112 valence electrons. The van der Waals surface area contributed by atoms with E-state index in [1.54, 1.807) is 5.57 Å². The largest absolute Gasteiger partial charge is 0.342 e. The summed E-state index contributed by atoms with van der Waals surface area (Å²) in [6.45, 7) is 5.64. The molecular weight excluding hydrogens is 248 g/mol. The molecule has 1 unspecified atom stereocenters. The second-order valence-electron chi connectivity index (χ2n) is 6.79. The molecule has 0 aromatic heterocycles. The van der Waals surface area contributed by atoms with E-state index in [2.05, 4.69) is 15.9 Å². The lowest BCUT2D eigenvalue weighted by Crippen LogP contribution is -2.42. The Morgan fingerprint density at radius 3 is 2.80 bits per heavy atom. The molecule has 2 saturated heterocycles. The summed E-state index contributed by atoms with van der Waals surface area (Å²) < 4.78 is 0. The Morgan fingerprint density at radius 2 is 2.05 bits per heavy atom. The van der Waals surface area contributed by atoms with Crippen LogP contribution in [0.5, 0.6) is 0 Å². The van der Waals surface area contributed by atoms with Crippen LogP contribution in [0.25, 0.3) is 0 Å². The molecule has 0 aromatic rings. The minimum Gasteiger partial charge on any atom is -0.342 e. The van der Waals surface area contributed by atoms with Gasteiger partial charge in [-0.15, -0.1) is 0 Å². The van der Waals surface area contributed by atoms with E-state index in [9.17, 15) is 4.79 Å². The van der Waals surface area contributed by atoms with Crippen LogP contribution in [0.15, 0.2) is 11.6 Å². The quantitative estimate of drug-likeness (QED) is 0.737. The number of piperidine rings is 1. The van der Waals surface area contributed by atoms with Gasteiger partial charge in [0.25, 0.3) is 0 Å². The van der Waals surface area contributed by atoms with Gasteiger partial charge in [0, 0.05) is 32.6 Å². The molecule has 0 spiro atoms. The predicted octanol–water partition coefficient (Wildman–Crippen LogP) is 2.82. The van der Waals surface area contributed by atoms with Gasteiger partial charge >= 0.3 is 0 Å². The molecular formula is C17H28N2O. The van der Waals surface area contributed by atoms with Crippen molar-refractivity contribution in [2.75, 3.05) is 32.7 Å². The highest BCUT2D eigenvalue weighted by Crippen LogP contribution is 2.23. The summed E-state index contributed by atoms with van der Waals surface area (Å²) in [6.07, 6.45) is 12.3. The van der Waals surface area contributed by atoms with Crippen molar-refractivity contribution in [3.63, 3.8) is 0 Å². The molecule has 3 rings (SSSR count). The van der Waals surface area contributed by atoms with E-state index >= 15 is 0 Å². The molecule has 0 bridgehead atoms. The van der Waals surface area contributed by atoms with E-state index in [1.807, 2.05) is 0 Å². The van der Waals surface area contributed by atoms with Gasteiger partial charge in [-0.1, -0.05) is 11.6 Å². The number of nitrogens with zero attached hydrogens (tertiary/aromatic N) is 2. The van der Waals surface area contributed by atoms with Crippen molar-refractivity contribution in [1.82, 2.24) is 9.80 Å². The minimum absolute atomic E-state index is 0.386. The third kappa shape index (κ3) is 3.63. The molecule has 0 N–H and O–H groups in total. The van der Waals surface area contributed by atoms with Gasteiger partial charge in [-0.25, -0.2) is 0 Å². The fourth-order valence-corrected chi connectivity index (χ4v) is 3.99. The molecule has 20 heavy (non-hydrogen) atoms. The highest BCUT2D eigenvalue weighted by molar-refractivity contribution is 5.78. The van der Waals surface area contributed by atoms with Crippen LogP contribution in [0.3, 0.4) is 0 Å². The van der Waals surface area contributed by atoms with Gasteiger partial charge in [0.2, 0.25) is 5.91 Å². The number of allylic oxidation sites excluding steroid dienone is 1. The topological polar surface area (TPSA) is 23.6 Å². The summed E-state index contributed by atoms with van der Waals surface area (Å²) >= 11 is 0. The highest BCUT2D eigenvalue weighted by atomic mass is 16.2. The first kappa shape index (κ1) is 14.1. The van der Waals surface area contributed by atoms with Crippen molar-refractivity contribution < 1.29 is 4.79 Å². The smallest absolute Gasteiger partial charge is 0.222 e. The minimum atomic E-state index is 0.386. The van der Waals surface area contributed by atoms with Crippen LogP contribution in [0.1, 0.15) is 51.4 Å². The maximum absolute atomic E-state index is 11.7. The van der Waals surface area contributed by atoms with Crippen molar-refractivity contribution in [3.8, 4) is 0 Å². The number of hydrogen-bond donors (Lipinski definition) is 0. The zero-order valence-corrected chi connectivity index (χ0v) is 12.6. The fraction of sp³-hybridized carbons (Fsp3) is 0.824.